The zero-order valence-electron chi connectivity index (χ0n) is 23.5. The summed E-state index contributed by atoms with van der Waals surface area (Å²) in [6, 6.07) is 41.1. The minimum Gasteiger partial charge on any atom is -0.324 e. The molecule has 0 aliphatic heterocycles. The molecular formula is C36H28BrN3O3S. The summed E-state index contributed by atoms with van der Waals surface area (Å²) < 4.78 is 0.816. The van der Waals surface area contributed by atoms with Gasteiger partial charge in [0.1, 0.15) is 5.70 Å². The third-order valence-corrected chi connectivity index (χ3v) is 8.19. The minimum atomic E-state index is -0.463. The number of carbonyl (C=O) groups excluding carboxylic acids is 3. The summed E-state index contributed by atoms with van der Waals surface area (Å²) >= 11 is 4.82. The summed E-state index contributed by atoms with van der Waals surface area (Å²) in [5.74, 6) is -0.746. The highest BCUT2D eigenvalue weighted by atomic mass is 79.9. The first-order valence-corrected chi connectivity index (χ1v) is 15.5. The summed E-state index contributed by atoms with van der Waals surface area (Å²) in [7, 11) is 0. The number of halogens is 1. The van der Waals surface area contributed by atoms with E-state index in [0.717, 1.165) is 26.1 Å². The number of anilines is 2. The van der Waals surface area contributed by atoms with Crippen molar-refractivity contribution in [3.05, 3.63) is 155 Å². The van der Waals surface area contributed by atoms with Gasteiger partial charge in [-0.15, -0.1) is 11.8 Å². The second-order valence-corrected chi connectivity index (χ2v) is 11.6. The van der Waals surface area contributed by atoms with E-state index >= 15 is 0 Å². The van der Waals surface area contributed by atoms with Crippen molar-refractivity contribution in [3.8, 4) is 11.1 Å². The van der Waals surface area contributed by atoms with Crippen LogP contribution in [-0.4, -0.2) is 23.5 Å². The zero-order chi connectivity index (χ0) is 30.7. The fourth-order valence-electron chi connectivity index (χ4n) is 4.24. The second-order valence-electron chi connectivity index (χ2n) is 9.66. The Balaban J connectivity index is 1.26. The van der Waals surface area contributed by atoms with Gasteiger partial charge in [0, 0.05) is 20.6 Å². The summed E-state index contributed by atoms with van der Waals surface area (Å²) in [4.78, 5) is 39.7. The highest BCUT2D eigenvalue weighted by Gasteiger charge is 2.15. The molecule has 0 fully saturated rings. The molecule has 0 spiro atoms. The SMILES string of the molecule is O=C(CSc1ccc(NC(=O)/C(=C/c2ccc(-c3ccccc3)cc2)NC(=O)c2ccccc2)cc1)Nc1ccccc1Br. The molecule has 0 heterocycles. The average Bonchev–Trinajstić information content (AvgIpc) is 3.06. The predicted molar refractivity (Wildman–Crippen MR) is 182 cm³/mol. The van der Waals surface area contributed by atoms with E-state index < -0.39 is 5.91 Å². The van der Waals surface area contributed by atoms with E-state index in [0.29, 0.717) is 16.9 Å². The Kier molecular flexibility index (Phi) is 10.4. The van der Waals surface area contributed by atoms with E-state index in [1.807, 2.05) is 97.1 Å². The van der Waals surface area contributed by atoms with Gasteiger partial charge in [-0.1, -0.05) is 84.9 Å². The van der Waals surface area contributed by atoms with Crippen molar-refractivity contribution in [2.75, 3.05) is 16.4 Å². The number of rotatable bonds is 10. The van der Waals surface area contributed by atoms with Gasteiger partial charge in [0.15, 0.2) is 0 Å². The molecule has 8 heteroatoms. The lowest BCUT2D eigenvalue weighted by molar-refractivity contribution is -0.114. The normalized spacial score (nSPS) is 11.0. The molecule has 5 aromatic rings. The first-order valence-electron chi connectivity index (χ1n) is 13.8. The van der Waals surface area contributed by atoms with Crippen LogP contribution in [0.3, 0.4) is 0 Å². The standard InChI is InChI=1S/C36H28BrN3O3S/c37-31-13-7-8-14-32(31)39-34(41)24-44-30-21-19-29(20-22-30)38-36(43)33(40-35(42)28-11-5-2-6-12-28)23-25-15-17-27(18-16-25)26-9-3-1-4-10-26/h1-23H,24H2,(H,38,43)(H,39,41)(H,40,42)/b33-23-. The summed E-state index contributed by atoms with van der Waals surface area (Å²) in [6.07, 6.45) is 1.65. The van der Waals surface area contributed by atoms with Gasteiger partial charge in [0.25, 0.3) is 11.8 Å². The molecule has 0 saturated heterocycles. The number of carbonyl (C=O) groups is 3. The van der Waals surface area contributed by atoms with Crippen LogP contribution in [0.5, 0.6) is 0 Å². The molecule has 3 amide bonds. The molecule has 5 aromatic carbocycles. The summed E-state index contributed by atoms with van der Waals surface area (Å²) in [5, 5.41) is 8.53. The first kappa shape index (κ1) is 30.5. The van der Waals surface area contributed by atoms with Crippen molar-refractivity contribution in [2.45, 2.75) is 4.90 Å². The fourth-order valence-corrected chi connectivity index (χ4v) is 5.32. The molecule has 0 atom stereocenters. The fraction of sp³-hybridized carbons (Fsp3) is 0.0278. The van der Waals surface area contributed by atoms with E-state index in [9.17, 15) is 14.4 Å². The van der Waals surface area contributed by atoms with Gasteiger partial charge in [-0.3, -0.25) is 14.4 Å². The van der Waals surface area contributed by atoms with Crippen LogP contribution in [0, 0.1) is 0 Å². The predicted octanol–water partition coefficient (Wildman–Crippen LogP) is 8.26. The Morgan fingerprint density at radius 2 is 1.27 bits per heavy atom. The van der Waals surface area contributed by atoms with Gasteiger partial charge in [0.2, 0.25) is 5.91 Å². The lowest BCUT2D eigenvalue weighted by Gasteiger charge is -2.12. The molecular weight excluding hydrogens is 634 g/mol. The number of thioether (sulfide) groups is 1. The summed E-state index contributed by atoms with van der Waals surface area (Å²) in [6.45, 7) is 0. The quantitative estimate of drug-likeness (QED) is 0.104. The third-order valence-electron chi connectivity index (χ3n) is 6.49. The number of hydrogen-bond donors (Lipinski definition) is 3. The van der Waals surface area contributed by atoms with Crippen LogP contribution in [0.15, 0.2) is 149 Å². The molecule has 218 valence electrons. The zero-order valence-corrected chi connectivity index (χ0v) is 25.9. The van der Waals surface area contributed by atoms with Gasteiger partial charge in [0.05, 0.1) is 11.4 Å². The molecule has 0 aromatic heterocycles. The van der Waals surface area contributed by atoms with E-state index in [2.05, 4.69) is 31.9 Å². The van der Waals surface area contributed by atoms with Crippen molar-refractivity contribution < 1.29 is 14.4 Å². The maximum atomic E-state index is 13.4. The molecule has 0 saturated carbocycles. The Morgan fingerprint density at radius 1 is 0.659 bits per heavy atom. The van der Waals surface area contributed by atoms with Crippen LogP contribution >= 0.6 is 27.7 Å². The molecule has 0 radical (unpaired) electrons. The van der Waals surface area contributed by atoms with Crippen LogP contribution in [0.25, 0.3) is 17.2 Å². The van der Waals surface area contributed by atoms with E-state index in [1.54, 1.807) is 42.5 Å². The molecule has 5 rings (SSSR count). The Hall–Kier alpha value is -4.92. The van der Waals surface area contributed by atoms with Crippen molar-refractivity contribution in [1.82, 2.24) is 5.32 Å². The molecule has 3 N–H and O–H groups in total. The lowest BCUT2D eigenvalue weighted by Crippen LogP contribution is -2.30. The maximum absolute atomic E-state index is 13.4. The smallest absolute Gasteiger partial charge is 0.272 e. The first-order chi connectivity index (χ1) is 21.4. The van der Waals surface area contributed by atoms with Crippen molar-refractivity contribution in [2.24, 2.45) is 0 Å². The van der Waals surface area contributed by atoms with Crippen molar-refractivity contribution in [3.63, 3.8) is 0 Å². The second kappa shape index (κ2) is 15.0. The highest BCUT2D eigenvalue weighted by molar-refractivity contribution is 9.10. The largest absolute Gasteiger partial charge is 0.324 e. The number of hydrogen-bond acceptors (Lipinski definition) is 4. The number of para-hydroxylation sites is 1. The summed E-state index contributed by atoms with van der Waals surface area (Å²) in [5.41, 5.74) is 4.71. The van der Waals surface area contributed by atoms with Crippen molar-refractivity contribution >= 4 is 62.9 Å². The van der Waals surface area contributed by atoms with E-state index in [1.165, 1.54) is 11.8 Å². The average molecular weight is 663 g/mol. The number of nitrogens with one attached hydrogen (secondary N) is 3. The van der Waals surface area contributed by atoms with Gasteiger partial charge in [-0.05, 0) is 87.2 Å². The van der Waals surface area contributed by atoms with Crippen LogP contribution in [0.1, 0.15) is 15.9 Å². The topological polar surface area (TPSA) is 87.3 Å². The molecule has 44 heavy (non-hydrogen) atoms. The van der Waals surface area contributed by atoms with Gasteiger partial charge in [-0.25, -0.2) is 0 Å². The molecule has 6 nitrogen and oxygen atoms in total. The lowest BCUT2D eigenvalue weighted by atomic mass is 10.0. The monoisotopic (exact) mass is 661 g/mol. The Bertz CT molecular complexity index is 1780. The molecule has 0 aliphatic rings. The van der Waals surface area contributed by atoms with Crippen molar-refractivity contribution in [1.29, 1.82) is 0 Å². The van der Waals surface area contributed by atoms with E-state index in [-0.39, 0.29) is 23.3 Å². The van der Waals surface area contributed by atoms with Gasteiger partial charge in [-0.2, -0.15) is 0 Å². The maximum Gasteiger partial charge on any atom is 0.272 e. The number of benzene rings is 5. The van der Waals surface area contributed by atoms with Gasteiger partial charge >= 0.3 is 0 Å². The Labute approximate surface area is 268 Å². The Morgan fingerprint density at radius 3 is 1.95 bits per heavy atom. The van der Waals surface area contributed by atoms with Crippen LogP contribution in [0.2, 0.25) is 0 Å². The molecule has 0 bridgehead atoms. The molecule has 0 aliphatic carbocycles. The number of amides is 3. The van der Waals surface area contributed by atoms with Crippen LogP contribution in [-0.2, 0) is 9.59 Å². The third kappa shape index (κ3) is 8.56. The van der Waals surface area contributed by atoms with Gasteiger partial charge < -0.3 is 16.0 Å². The van der Waals surface area contributed by atoms with Crippen LogP contribution in [0.4, 0.5) is 11.4 Å². The van der Waals surface area contributed by atoms with E-state index in [4.69, 9.17) is 0 Å². The molecule has 0 unspecified atom stereocenters. The van der Waals surface area contributed by atoms with Crippen LogP contribution < -0.4 is 16.0 Å². The highest BCUT2D eigenvalue weighted by Crippen LogP contribution is 2.24. The minimum absolute atomic E-state index is 0.105.